The maximum Gasteiger partial charge on any atom is 0.207 e. The normalized spacial score (nSPS) is 10.5. The molecule has 0 aliphatic carbocycles. The van der Waals surface area contributed by atoms with Gasteiger partial charge in [-0.1, -0.05) is 11.3 Å². The zero-order valence-electron chi connectivity index (χ0n) is 6.67. The van der Waals surface area contributed by atoms with Gasteiger partial charge in [0.25, 0.3) is 0 Å². The highest BCUT2D eigenvalue weighted by molar-refractivity contribution is 9.10. The Hall–Kier alpha value is -0.520. The van der Waals surface area contributed by atoms with Crippen LogP contribution in [0.4, 0.5) is 4.39 Å². The molecule has 0 amide bonds. The first-order valence-electron chi connectivity index (χ1n) is 3.61. The highest BCUT2D eigenvalue weighted by Gasteiger charge is 2.07. The Labute approximate surface area is 96.9 Å². The molecule has 0 N–H and O–H groups in total. The minimum absolute atomic E-state index is 0.302. The zero-order valence-corrected chi connectivity index (χ0v) is 9.83. The summed E-state index contributed by atoms with van der Waals surface area (Å²) in [5, 5.41) is 8.20. The molecule has 2 rings (SSSR count). The molecule has 0 fully saturated rings. The molecule has 72 valence electrons. The van der Waals surface area contributed by atoms with Crippen molar-refractivity contribution in [2.24, 2.45) is 0 Å². The molecule has 0 spiro atoms. The summed E-state index contributed by atoms with van der Waals surface area (Å²) in [6, 6.07) is 4.65. The number of halogens is 3. The lowest BCUT2D eigenvalue weighted by Gasteiger charge is -1.97. The van der Waals surface area contributed by atoms with Gasteiger partial charge in [-0.15, -0.1) is 10.2 Å². The topological polar surface area (TPSA) is 25.8 Å². The summed E-state index contributed by atoms with van der Waals surface area (Å²) >= 11 is 9.99. The molecular formula is C8H3BrClFN2S. The largest absolute Gasteiger partial charge is 0.207 e. The van der Waals surface area contributed by atoms with E-state index in [1.165, 1.54) is 17.4 Å². The van der Waals surface area contributed by atoms with E-state index in [0.717, 1.165) is 5.56 Å². The van der Waals surface area contributed by atoms with Crippen molar-refractivity contribution in [3.05, 3.63) is 33.0 Å². The van der Waals surface area contributed by atoms with Crippen LogP contribution in [0.25, 0.3) is 10.6 Å². The van der Waals surface area contributed by atoms with Crippen LogP contribution in [0.5, 0.6) is 0 Å². The van der Waals surface area contributed by atoms with Crippen LogP contribution in [0.1, 0.15) is 0 Å². The summed E-state index contributed by atoms with van der Waals surface area (Å²) < 4.78 is 13.7. The summed E-state index contributed by atoms with van der Waals surface area (Å²) in [5.74, 6) is -0.302. The minimum atomic E-state index is -0.302. The van der Waals surface area contributed by atoms with Gasteiger partial charge in [0.1, 0.15) is 10.8 Å². The van der Waals surface area contributed by atoms with Crippen LogP contribution in [0.15, 0.2) is 22.7 Å². The monoisotopic (exact) mass is 292 g/mol. The molecule has 14 heavy (non-hydrogen) atoms. The third-order valence-corrected chi connectivity index (χ3v) is 3.24. The van der Waals surface area contributed by atoms with Gasteiger partial charge in [0.05, 0.1) is 4.47 Å². The molecule has 0 aliphatic rings. The van der Waals surface area contributed by atoms with Crippen LogP contribution in [0, 0.1) is 5.82 Å². The minimum Gasteiger partial charge on any atom is -0.206 e. The first-order chi connectivity index (χ1) is 6.66. The lowest BCUT2D eigenvalue weighted by molar-refractivity contribution is 0.621. The van der Waals surface area contributed by atoms with Gasteiger partial charge in [0, 0.05) is 5.56 Å². The Morgan fingerprint density at radius 3 is 2.71 bits per heavy atom. The number of hydrogen-bond donors (Lipinski definition) is 0. The van der Waals surface area contributed by atoms with E-state index in [1.54, 1.807) is 12.1 Å². The highest BCUT2D eigenvalue weighted by atomic mass is 79.9. The van der Waals surface area contributed by atoms with E-state index in [9.17, 15) is 4.39 Å². The lowest BCUT2D eigenvalue weighted by Crippen LogP contribution is -1.80. The average Bonchev–Trinajstić information content (AvgIpc) is 2.57. The molecule has 0 saturated carbocycles. The van der Waals surface area contributed by atoms with Crippen LogP contribution in [-0.2, 0) is 0 Å². The van der Waals surface area contributed by atoms with Crippen molar-refractivity contribution in [1.29, 1.82) is 0 Å². The Morgan fingerprint density at radius 2 is 2.14 bits per heavy atom. The van der Waals surface area contributed by atoms with E-state index in [1.807, 2.05) is 0 Å². The fourth-order valence-electron chi connectivity index (χ4n) is 0.951. The second-order valence-corrected chi connectivity index (χ2v) is 4.90. The predicted molar refractivity (Wildman–Crippen MR) is 58.0 cm³/mol. The second-order valence-electron chi connectivity index (χ2n) is 2.49. The van der Waals surface area contributed by atoms with Gasteiger partial charge in [-0.25, -0.2) is 4.39 Å². The van der Waals surface area contributed by atoms with Crippen molar-refractivity contribution in [3.63, 3.8) is 0 Å². The second kappa shape index (κ2) is 3.92. The third kappa shape index (κ3) is 1.94. The van der Waals surface area contributed by atoms with Gasteiger partial charge in [-0.3, -0.25) is 0 Å². The first-order valence-corrected chi connectivity index (χ1v) is 5.60. The number of rotatable bonds is 1. The van der Waals surface area contributed by atoms with Gasteiger partial charge < -0.3 is 0 Å². The number of aromatic nitrogens is 2. The van der Waals surface area contributed by atoms with Crippen molar-refractivity contribution in [2.45, 2.75) is 0 Å². The van der Waals surface area contributed by atoms with Gasteiger partial charge in [-0.2, -0.15) is 0 Å². The fraction of sp³-hybridized carbons (Fsp3) is 0. The van der Waals surface area contributed by atoms with Crippen molar-refractivity contribution in [2.75, 3.05) is 0 Å². The Kier molecular flexibility index (Phi) is 2.80. The third-order valence-electron chi connectivity index (χ3n) is 1.57. The summed E-state index contributed by atoms with van der Waals surface area (Å²) in [5.41, 5.74) is 0.794. The highest BCUT2D eigenvalue weighted by Crippen LogP contribution is 2.28. The quantitative estimate of drug-likeness (QED) is 0.800. The molecule has 0 aliphatic heterocycles. The van der Waals surface area contributed by atoms with Crippen LogP contribution >= 0.6 is 38.9 Å². The Bertz CT molecular complexity index is 474. The molecule has 1 aromatic carbocycles. The van der Waals surface area contributed by atoms with E-state index >= 15 is 0 Å². The van der Waals surface area contributed by atoms with Crippen LogP contribution in [0.3, 0.4) is 0 Å². The van der Waals surface area contributed by atoms with Crippen LogP contribution in [0.2, 0.25) is 4.47 Å². The maximum absolute atomic E-state index is 12.9. The molecule has 0 radical (unpaired) electrons. The summed E-state index contributed by atoms with van der Waals surface area (Å²) in [6.07, 6.45) is 0. The smallest absolute Gasteiger partial charge is 0.206 e. The van der Waals surface area contributed by atoms with Crippen molar-refractivity contribution in [3.8, 4) is 10.6 Å². The lowest BCUT2D eigenvalue weighted by atomic mass is 10.2. The number of hydrogen-bond acceptors (Lipinski definition) is 3. The fourth-order valence-corrected chi connectivity index (χ4v) is 2.15. The molecule has 0 bridgehead atoms. The zero-order chi connectivity index (χ0) is 10.1. The summed E-state index contributed by atoms with van der Waals surface area (Å²) in [4.78, 5) is 0. The Morgan fingerprint density at radius 1 is 1.36 bits per heavy atom. The standard InChI is InChI=1S/C8H3BrClFN2S/c9-5-3-4(1-2-6(5)11)7-12-13-8(10)14-7/h1-3H. The molecule has 6 heteroatoms. The van der Waals surface area contributed by atoms with Crippen LogP contribution in [-0.4, -0.2) is 10.2 Å². The summed E-state index contributed by atoms with van der Waals surface area (Å²) in [7, 11) is 0. The Balaban J connectivity index is 2.47. The van der Waals surface area contributed by atoms with Gasteiger partial charge in [0.15, 0.2) is 0 Å². The van der Waals surface area contributed by atoms with E-state index in [2.05, 4.69) is 26.1 Å². The maximum atomic E-state index is 12.9. The van der Waals surface area contributed by atoms with Crippen molar-refractivity contribution < 1.29 is 4.39 Å². The molecule has 1 heterocycles. The van der Waals surface area contributed by atoms with E-state index in [-0.39, 0.29) is 5.82 Å². The van der Waals surface area contributed by atoms with Crippen LogP contribution < -0.4 is 0 Å². The molecule has 2 nitrogen and oxygen atoms in total. The van der Waals surface area contributed by atoms with E-state index in [0.29, 0.717) is 13.9 Å². The number of nitrogens with zero attached hydrogens (tertiary/aromatic N) is 2. The van der Waals surface area contributed by atoms with Crippen molar-refractivity contribution >= 4 is 38.9 Å². The molecule has 1 aromatic heterocycles. The molecule has 0 atom stereocenters. The van der Waals surface area contributed by atoms with E-state index in [4.69, 9.17) is 11.6 Å². The van der Waals surface area contributed by atoms with Gasteiger partial charge in [-0.05, 0) is 45.7 Å². The SMILES string of the molecule is Fc1ccc(-c2nnc(Cl)s2)cc1Br. The first kappa shape index (κ1) is 10.0. The van der Waals surface area contributed by atoms with E-state index < -0.39 is 0 Å². The van der Waals surface area contributed by atoms with Gasteiger partial charge in [0.2, 0.25) is 4.47 Å². The molecular weight excluding hydrogens is 291 g/mol. The average molecular weight is 294 g/mol. The van der Waals surface area contributed by atoms with Gasteiger partial charge >= 0.3 is 0 Å². The van der Waals surface area contributed by atoms with Crippen molar-refractivity contribution in [1.82, 2.24) is 10.2 Å². The molecule has 0 unspecified atom stereocenters. The molecule has 2 aromatic rings. The predicted octanol–water partition coefficient (Wildman–Crippen LogP) is 3.76. The number of benzene rings is 1. The summed E-state index contributed by atoms with van der Waals surface area (Å²) in [6.45, 7) is 0. The molecule has 0 saturated heterocycles.